The first-order chi connectivity index (χ1) is 27.7. The van der Waals surface area contributed by atoms with Gasteiger partial charge in [0.15, 0.2) is 10.8 Å². The van der Waals surface area contributed by atoms with Crippen molar-refractivity contribution in [1.82, 2.24) is 15.2 Å². The summed E-state index contributed by atoms with van der Waals surface area (Å²) in [6.45, 7) is 0.374. The molecule has 0 bridgehead atoms. The minimum absolute atomic E-state index is 0.0702. The first-order valence-corrected chi connectivity index (χ1v) is 19.8. The van der Waals surface area contributed by atoms with Crippen molar-refractivity contribution in [3.05, 3.63) is 166 Å². The maximum absolute atomic E-state index is 14.2. The fourth-order valence-electron chi connectivity index (χ4n) is 7.19. The van der Waals surface area contributed by atoms with Crippen LogP contribution < -0.4 is 16.0 Å². The number of hydrogen-bond acceptors (Lipinski definition) is 11. The van der Waals surface area contributed by atoms with Crippen molar-refractivity contribution in [3.63, 3.8) is 0 Å². The Labute approximate surface area is 334 Å². The van der Waals surface area contributed by atoms with E-state index in [1.807, 2.05) is 91.0 Å². The fraction of sp³-hybridized carbons (Fsp3) is 0.143. The van der Waals surface area contributed by atoms with Crippen LogP contribution >= 0.6 is 23.1 Å². The lowest BCUT2D eigenvalue weighted by atomic mass is 9.80. The third kappa shape index (κ3) is 6.91. The Balaban J connectivity index is 1.09. The van der Waals surface area contributed by atoms with E-state index in [1.165, 1.54) is 23.9 Å². The second-order valence-electron chi connectivity index (χ2n) is 13.3. The number of carbonyl (C=O) groups excluding carboxylic acids is 3. The van der Waals surface area contributed by atoms with E-state index in [0.717, 1.165) is 32.9 Å². The quantitative estimate of drug-likeness (QED) is 0.0452. The van der Waals surface area contributed by atoms with Gasteiger partial charge in [-0.3, -0.25) is 19.3 Å². The topological polar surface area (TPSA) is 188 Å². The summed E-state index contributed by atoms with van der Waals surface area (Å²) in [4.78, 5) is 67.6. The van der Waals surface area contributed by atoms with E-state index < -0.39 is 34.8 Å². The summed E-state index contributed by atoms with van der Waals surface area (Å²) in [6, 6.07) is 33.5. The van der Waals surface area contributed by atoms with E-state index in [1.54, 1.807) is 28.5 Å². The Bertz CT molecular complexity index is 2360. The Morgan fingerprint density at radius 3 is 2.05 bits per heavy atom. The molecule has 286 valence electrons. The number of anilines is 2. The van der Waals surface area contributed by atoms with Crippen LogP contribution in [0.25, 0.3) is 0 Å². The number of fused-ring (bicyclic) bond motifs is 1. The second kappa shape index (κ2) is 15.4. The summed E-state index contributed by atoms with van der Waals surface area (Å²) in [6.07, 6.45) is 1.91. The Morgan fingerprint density at radius 1 is 0.912 bits per heavy atom. The van der Waals surface area contributed by atoms with Crippen molar-refractivity contribution in [2.24, 2.45) is 5.16 Å². The number of carboxylic acid groups (broad SMARTS) is 1. The Morgan fingerprint density at radius 2 is 1.51 bits per heavy atom. The number of oxime groups is 1. The molecule has 57 heavy (non-hydrogen) atoms. The van der Waals surface area contributed by atoms with Gasteiger partial charge in [0, 0.05) is 45.6 Å². The SMILES string of the molecule is Nc1nc(/C(=N/OC(c2ccccc2)(c2ccccc2)c2ccccc2)C(=O)N[C@@H]2C(=O)N3C(C(=O)O)=C(/C=C4\CCN(c5ccc(O)cc5)C4=O)CS[C@H]23)cs1. The van der Waals surface area contributed by atoms with Gasteiger partial charge in [-0.2, -0.15) is 0 Å². The molecular weight excluding hydrogens is 765 g/mol. The number of nitrogens with one attached hydrogen (secondary N) is 1. The van der Waals surface area contributed by atoms with Crippen LogP contribution in [0.15, 0.2) is 149 Å². The third-order valence-corrected chi connectivity index (χ3v) is 11.9. The molecule has 2 saturated heterocycles. The third-order valence-electron chi connectivity index (χ3n) is 9.92. The minimum Gasteiger partial charge on any atom is -0.508 e. The largest absolute Gasteiger partial charge is 0.508 e. The molecule has 0 unspecified atom stereocenters. The van der Waals surface area contributed by atoms with Crippen LogP contribution in [0.5, 0.6) is 5.75 Å². The summed E-state index contributed by atoms with van der Waals surface area (Å²) in [5.74, 6) is -2.81. The predicted octanol–water partition coefficient (Wildman–Crippen LogP) is 5.25. The predicted molar refractivity (Wildman–Crippen MR) is 216 cm³/mol. The number of aliphatic carboxylic acids is 1. The Hall–Kier alpha value is -6.71. The van der Waals surface area contributed by atoms with E-state index >= 15 is 0 Å². The van der Waals surface area contributed by atoms with E-state index in [4.69, 9.17) is 10.6 Å². The summed E-state index contributed by atoms with van der Waals surface area (Å²) in [5.41, 5.74) is 7.83. The number of thiazole rings is 1. The van der Waals surface area contributed by atoms with Gasteiger partial charge in [0.25, 0.3) is 17.7 Å². The van der Waals surface area contributed by atoms with Gasteiger partial charge in [-0.15, -0.1) is 23.1 Å². The standard InChI is InChI=1S/C42H34N6O7S2/c43-41-44-32(24-57-41)33(46-55-42(27-10-4-1-5-11-27,28-12-6-2-7-13-28)29-14-8-3-9-15-29)36(50)45-34-38(52)48-35(40(53)54)26(23-56-39(34)48)22-25-20-21-47(37(25)51)30-16-18-31(49)19-17-30/h1-19,22,24,34,39,49H,20-21,23H2,(H2,43,44)(H,45,50)(H,53,54)/b25-22+,46-33-/t34-,39-/m1/s1. The number of thioether (sulfide) groups is 1. The molecule has 0 saturated carbocycles. The number of nitrogen functional groups attached to an aromatic ring is 1. The van der Waals surface area contributed by atoms with Crippen LogP contribution in [0, 0.1) is 0 Å². The fourth-order valence-corrected chi connectivity index (χ4v) is 9.05. The first kappa shape index (κ1) is 37.2. The molecule has 2 atom stereocenters. The zero-order valence-corrected chi connectivity index (χ0v) is 31.7. The number of rotatable bonds is 11. The maximum Gasteiger partial charge on any atom is 0.352 e. The highest BCUT2D eigenvalue weighted by atomic mass is 32.2. The monoisotopic (exact) mass is 798 g/mol. The number of phenolic OH excluding ortho intramolecular Hbond substituents is 1. The van der Waals surface area contributed by atoms with Crippen LogP contribution in [-0.4, -0.2) is 73.2 Å². The highest BCUT2D eigenvalue weighted by molar-refractivity contribution is 8.00. The highest BCUT2D eigenvalue weighted by Crippen LogP contribution is 2.43. The highest BCUT2D eigenvalue weighted by Gasteiger charge is 2.54. The summed E-state index contributed by atoms with van der Waals surface area (Å²) in [5, 5.41) is 28.3. The molecule has 2 fully saturated rings. The number of nitrogens with two attached hydrogens (primary N) is 1. The first-order valence-electron chi connectivity index (χ1n) is 17.8. The molecule has 15 heteroatoms. The lowest BCUT2D eigenvalue weighted by molar-refractivity contribution is -0.150. The van der Waals surface area contributed by atoms with E-state index in [9.17, 15) is 29.4 Å². The van der Waals surface area contributed by atoms with Crippen molar-refractivity contribution >= 4 is 63.3 Å². The molecule has 0 aliphatic carbocycles. The zero-order chi connectivity index (χ0) is 39.7. The van der Waals surface area contributed by atoms with Crippen molar-refractivity contribution in [3.8, 4) is 5.75 Å². The van der Waals surface area contributed by atoms with Gasteiger partial charge in [0.05, 0.1) is 0 Å². The summed E-state index contributed by atoms with van der Waals surface area (Å²) >= 11 is 2.37. The van der Waals surface area contributed by atoms with Gasteiger partial charge >= 0.3 is 5.97 Å². The van der Waals surface area contributed by atoms with Crippen LogP contribution in [0.3, 0.4) is 0 Å². The minimum atomic E-state index is -1.33. The van der Waals surface area contributed by atoms with Crippen molar-refractivity contribution in [2.75, 3.05) is 22.9 Å². The van der Waals surface area contributed by atoms with Crippen molar-refractivity contribution in [2.45, 2.75) is 23.4 Å². The number of carboxylic acids is 1. The zero-order valence-electron chi connectivity index (χ0n) is 30.0. The van der Waals surface area contributed by atoms with Gasteiger partial charge in [0.1, 0.15) is 28.6 Å². The number of phenols is 1. The summed E-state index contributed by atoms with van der Waals surface area (Å²) in [7, 11) is 0. The van der Waals surface area contributed by atoms with Crippen molar-refractivity contribution < 1.29 is 34.2 Å². The molecule has 5 N–H and O–H groups in total. The normalized spacial score (nSPS) is 19.0. The molecule has 0 radical (unpaired) electrons. The van der Waals surface area contributed by atoms with E-state index in [2.05, 4.69) is 15.5 Å². The number of hydrogen-bond donors (Lipinski definition) is 4. The number of nitrogens with zero attached hydrogens (tertiary/aromatic N) is 4. The molecule has 3 aliphatic heterocycles. The lowest BCUT2D eigenvalue weighted by Crippen LogP contribution is -2.71. The molecule has 0 spiro atoms. The molecule has 3 aliphatic rings. The summed E-state index contributed by atoms with van der Waals surface area (Å²) < 4.78 is 0. The van der Waals surface area contributed by atoms with Gasteiger partial charge in [-0.25, -0.2) is 9.78 Å². The van der Waals surface area contributed by atoms with Gasteiger partial charge in [-0.05, 0) is 42.3 Å². The second-order valence-corrected chi connectivity index (χ2v) is 15.3. The molecule has 8 rings (SSSR count). The van der Waals surface area contributed by atoms with E-state index in [0.29, 0.717) is 29.8 Å². The number of carbonyl (C=O) groups is 4. The molecular formula is C42H34N6O7S2. The van der Waals surface area contributed by atoms with E-state index in [-0.39, 0.29) is 39.6 Å². The number of benzene rings is 4. The van der Waals surface area contributed by atoms with Crippen LogP contribution in [-0.2, 0) is 29.6 Å². The Kier molecular flexibility index (Phi) is 10.1. The smallest absolute Gasteiger partial charge is 0.352 e. The number of β-lactam (4-membered cyclic amide) rings is 1. The number of amides is 3. The molecule has 4 heterocycles. The van der Waals surface area contributed by atoms with Gasteiger partial charge < -0.3 is 31.0 Å². The number of aromatic hydroxyl groups is 1. The van der Waals surface area contributed by atoms with Gasteiger partial charge in [0.2, 0.25) is 5.60 Å². The number of aromatic nitrogens is 1. The van der Waals surface area contributed by atoms with Crippen LogP contribution in [0.4, 0.5) is 10.8 Å². The molecule has 13 nitrogen and oxygen atoms in total. The maximum atomic E-state index is 14.2. The van der Waals surface area contributed by atoms with Crippen LogP contribution in [0.2, 0.25) is 0 Å². The molecule has 3 amide bonds. The van der Waals surface area contributed by atoms with Crippen molar-refractivity contribution in [1.29, 1.82) is 0 Å². The lowest BCUT2D eigenvalue weighted by Gasteiger charge is -2.49. The number of allylic oxidation sites excluding steroid dienone is 1. The molecule has 4 aromatic carbocycles. The average molecular weight is 799 g/mol. The molecule has 5 aromatic rings. The molecule has 1 aromatic heterocycles. The van der Waals surface area contributed by atoms with Crippen LogP contribution in [0.1, 0.15) is 28.8 Å². The average Bonchev–Trinajstić information content (AvgIpc) is 3.83. The van der Waals surface area contributed by atoms with Gasteiger partial charge in [-0.1, -0.05) is 96.2 Å².